The number of rotatable bonds is 2. The lowest BCUT2D eigenvalue weighted by Crippen LogP contribution is -1.89. The number of nitrogens with one attached hydrogen (secondary N) is 1. The lowest BCUT2D eigenvalue weighted by molar-refractivity contribution is 0.416. The molecule has 3 nitrogen and oxygen atoms in total. The fraction of sp³-hybridized carbons (Fsp3) is 0.0714. The normalized spacial score (nSPS) is 11.0. The molecule has 0 aliphatic rings. The highest BCUT2D eigenvalue weighted by Gasteiger charge is 2.12. The van der Waals surface area contributed by atoms with Crippen LogP contribution in [0.15, 0.2) is 30.3 Å². The maximum atomic E-state index is 6.00. The van der Waals surface area contributed by atoms with Crippen LogP contribution in [0.3, 0.4) is 0 Å². The summed E-state index contributed by atoms with van der Waals surface area (Å²) in [5, 5.41) is 1.56. The Labute approximate surface area is 130 Å². The lowest BCUT2D eigenvalue weighted by Gasteiger charge is -2.06. The Morgan fingerprint density at radius 2 is 1.80 bits per heavy atom. The fourth-order valence-corrected chi connectivity index (χ4v) is 2.48. The first-order valence-corrected chi connectivity index (χ1v) is 6.90. The van der Waals surface area contributed by atoms with E-state index in [1.165, 1.54) is 0 Å². The highest BCUT2D eigenvalue weighted by molar-refractivity contribution is 6.42. The molecule has 0 spiro atoms. The van der Waals surface area contributed by atoms with E-state index in [-0.39, 0.29) is 0 Å². The minimum atomic E-state index is 0.472. The third kappa shape index (κ3) is 2.33. The second-order valence-corrected chi connectivity index (χ2v) is 5.46. The van der Waals surface area contributed by atoms with E-state index < -0.39 is 0 Å². The minimum absolute atomic E-state index is 0.472. The van der Waals surface area contributed by atoms with E-state index in [0.29, 0.717) is 26.6 Å². The molecule has 102 valence electrons. The van der Waals surface area contributed by atoms with Gasteiger partial charge >= 0.3 is 0 Å². The molecule has 3 aromatic rings. The largest absolute Gasteiger partial charge is 0.496 e. The highest BCUT2D eigenvalue weighted by Crippen LogP contribution is 2.33. The van der Waals surface area contributed by atoms with Gasteiger partial charge in [0.2, 0.25) is 0 Å². The van der Waals surface area contributed by atoms with Crippen molar-refractivity contribution >= 4 is 45.8 Å². The molecule has 6 heteroatoms. The van der Waals surface area contributed by atoms with E-state index in [1.807, 2.05) is 6.07 Å². The molecule has 0 fully saturated rings. The minimum Gasteiger partial charge on any atom is -0.496 e. The molecule has 0 saturated carbocycles. The smallest absolute Gasteiger partial charge is 0.142 e. The van der Waals surface area contributed by atoms with Gasteiger partial charge in [-0.3, -0.25) is 0 Å². The average Bonchev–Trinajstić information content (AvgIpc) is 2.81. The van der Waals surface area contributed by atoms with Crippen LogP contribution >= 0.6 is 34.8 Å². The maximum absolute atomic E-state index is 6.00. The zero-order valence-corrected chi connectivity index (χ0v) is 12.6. The highest BCUT2D eigenvalue weighted by atomic mass is 35.5. The zero-order chi connectivity index (χ0) is 14.3. The Hall–Kier alpha value is -1.42. The molecule has 0 aliphatic carbocycles. The number of fused-ring (bicyclic) bond motifs is 1. The van der Waals surface area contributed by atoms with Crippen LogP contribution in [-0.4, -0.2) is 17.1 Å². The van der Waals surface area contributed by atoms with Crippen LogP contribution in [0.4, 0.5) is 0 Å². The monoisotopic (exact) mass is 326 g/mol. The van der Waals surface area contributed by atoms with E-state index in [9.17, 15) is 0 Å². The van der Waals surface area contributed by atoms with Gasteiger partial charge in [0.05, 0.1) is 33.8 Å². The van der Waals surface area contributed by atoms with Gasteiger partial charge in [-0.15, -0.1) is 0 Å². The second kappa shape index (κ2) is 5.17. The number of imidazole rings is 1. The van der Waals surface area contributed by atoms with Crippen molar-refractivity contribution in [3.05, 3.63) is 45.4 Å². The van der Waals surface area contributed by atoms with Crippen molar-refractivity contribution in [3.63, 3.8) is 0 Å². The van der Waals surface area contributed by atoms with E-state index in [0.717, 1.165) is 16.6 Å². The van der Waals surface area contributed by atoms with Crippen LogP contribution in [0.2, 0.25) is 15.1 Å². The van der Waals surface area contributed by atoms with Crippen LogP contribution in [0, 0.1) is 0 Å². The number of benzene rings is 2. The van der Waals surface area contributed by atoms with Gasteiger partial charge in [-0.05, 0) is 30.3 Å². The molecule has 1 aromatic heterocycles. The molecule has 0 atom stereocenters. The van der Waals surface area contributed by atoms with Crippen molar-refractivity contribution in [2.24, 2.45) is 0 Å². The molecule has 0 bridgehead atoms. The standard InChI is InChI=1S/C14H9Cl3N2O/c1-20-13-4-7(15)2-3-8(13)14-18-11-5-9(16)10(17)6-12(11)19-14/h2-6H,1H3,(H,18,19). The molecule has 20 heavy (non-hydrogen) atoms. The first-order valence-electron chi connectivity index (χ1n) is 5.77. The first kappa shape index (κ1) is 13.6. The summed E-state index contributed by atoms with van der Waals surface area (Å²) in [5.74, 6) is 1.32. The van der Waals surface area contributed by atoms with Gasteiger partial charge in [-0.1, -0.05) is 34.8 Å². The summed E-state index contributed by atoms with van der Waals surface area (Å²) in [7, 11) is 1.59. The number of nitrogens with zero attached hydrogens (tertiary/aromatic N) is 1. The van der Waals surface area contributed by atoms with Gasteiger partial charge in [0.25, 0.3) is 0 Å². The van der Waals surface area contributed by atoms with Crippen molar-refractivity contribution in [2.45, 2.75) is 0 Å². The molecule has 0 saturated heterocycles. The molecule has 0 radical (unpaired) electrons. The average molecular weight is 328 g/mol. The summed E-state index contributed by atoms with van der Waals surface area (Å²) in [6, 6.07) is 8.85. The number of aromatic amines is 1. The number of hydrogen-bond acceptors (Lipinski definition) is 2. The fourth-order valence-electron chi connectivity index (χ4n) is 1.99. The van der Waals surface area contributed by atoms with Gasteiger partial charge in [0, 0.05) is 5.02 Å². The third-order valence-electron chi connectivity index (χ3n) is 2.94. The third-order valence-corrected chi connectivity index (χ3v) is 3.90. The number of halogens is 3. The molecule has 0 amide bonds. The summed E-state index contributed by atoms with van der Waals surface area (Å²) in [4.78, 5) is 7.70. The van der Waals surface area contributed by atoms with Crippen molar-refractivity contribution in [1.29, 1.82) is 0 Å². The number of methoxy groups -OCH3 is 1. The Morgan fingerprint density at radius 3 is 2.55 bits per heavy atom. The Bertz CT molecular complexity index is 759. The van der Waals surface area contributed by atoms with Crippen LogP contribution in [0.5, 0.6) is 5.75 Å². The molecular weight excluding hydrogens is 319 g/mol. The number of aromatic nitrogens is 2. The Balaban J connectivity index is 2.20. The summed E-state index contributed by atoms with van der Waals surface area (Å²) in [5.41, 5.74) is 2.37. The Kier molecular flexibility index (Phi) is 3.50. The SMILES string of the molecule is COc1cc(Cl)ccc1-c1nc2cc(Cl)c(Cl)cc2[nH]1. The maximum Gasteiger partial charge on any atom is 0.142 e. The predicted octanol–water partition coefficient (Wildman–Crippen LogP) is 5.20. The van der Waals surface area contributed by atoms with Gasteiger partial charge in [0.15, 0.2) is 0 Å². The molecule has 3 rings (SSSR count). The van der Waals surface area contributed by atoms with Gasteiger partial charge in [-0.25, -0.2) is 4.98 Å². The van der Waals surface area contributed by atoms with Gasteiger partial charge < -0.3 is 9.72 Å². The zero-order valence-electron chi connectivity index (χ0n) is 10.4. The molecule has 1 N–H and O–H groups in total. The van der Waals surface area contributed by atoms with Gasteiger partial charge in [0.1, 0.15) is 11.6 Å². The molecular formula is C14H9Cl3N2O. The molecule has 2 aromatic carbocycles. The summed E-state index contributed by atoms with van der Waals surface area (Å²) in [6.07, 6.45) is 0. The van der Waals surface area contributed by atoms with Crippen LogP contribution < -0.4 is 4.74 Å². The number of H-pyrrole nitrogens is 1. The lowest BCUT2D eigenvalue weighted by atomic mass is 10.2. The topological polar surface area (TPSA) is 37.9 Å². The van der Waals surface area contributed by atoms with E-state index >= 15 is 0 Å². The van der Waals surface area contributed by atoms with Gasteiger partial charge in [-0.2, -0.15) is 0 Å². The van der Waals surface area contributed by atoms with Crippen molar-refractivity contribution in [2.75, 3.05) is 7.11 Å². The Morgan fingerprint density at radius 1 is 1.05 bits per heavy atom. The molecule has 1 heterocycles. The quantitative estimate of drug-likeness (QED) is 0.702. The predicted molar refractivity (Wildman–Crippen MR) is 83.1 cm³/mol. The number of hydrogen-bond donors (Lipinski definition) is 1. The van der Waals surface area contributed by atoms with Crippen LogP contribution in [0.1, 0.15) is 0 Å². The molecule has 0 aliphatic heterocycles. The first-order chi connectivity index (χ1) is 9.58. The summed E-state index contributed by atoms with van der Waals surface area (Å²) in [6.45, 7) is 0. The second-order valence-electron chi connectivity index (χ2n) is 4.21. The van der Waals surface area contributed by atoms with Crippen molar-refractivity contribution in [1.82, 2.24) is 9.97 Å². The van der Waals surface area contributed by atoms with Crippen LogP contribution in [-0.2, 0) is 0 Å². The van der Waals surface area contributed by atoms with Crippen molar-refractivity contribution < 1.29 is 4.74 Å². The van der Waals surface area contributed by atoms with Crippen LogP contribution in [0.25, 0.3) is 22.4 Å². The van der Waals surface area contributed by atoms with Crippen molar-refractivity contribution in [3.8, 4) is 17.1 Å². The molecule has 0 unspecified atom stereocenters. The van der Waals surface area contributed by atoms with E-state index in [2.05, 4.69) is 9.97 Å². The summed E-state index contributed by atoms with van der Waals surface area (Å²) < 4.78 is 5.33. The summed E-state index contributed by atoms with van der Waals surface area (Å²) >= 11 is 18.0. The number of ether oxygens (including phenoxy) is 1. The van der Waals surface area contributed by atoms with E-state index in [1.54, 1.807) is 31.4 Å². The van der Waals surface area contributed by atoms with E-state index in [4.69, 9.17) is 39.5 Å².